The monoisotopic (exact) mass is 460 g/mol. The smallest absolute Gasteiger partial charge is 0.234 e. The molecule has 1 aromatic heterocycles. The second-order valence-electron chi connectivity index (χ2n) is 7.00. The van der Waals surface area contributed by atoms with Crippen molar-refractivity contribution in [3.05, 3.63) is 78.9 Å². The highest BCUT2D eigenvalue weighted by molar-refractivity contribution is 7.99. The summed E-state index contributed by atoms with van der Waals surface area (Å²) in [5.41, 5.74) is 2.53. The van der Waals surface area contributed by atoms with Crippen molar-refractivity contribution in [3.63, 3.8) is 0 Å². The molecule has 1 N–H and O–H groups in total. The molecule has 4 aromatic rings. The van der Waals surface area contributed by atoms with Crippen LogP contribution in [-0.4, -0.2) is 40.1 Å². The van der Waals surface area contributed by atoms with Gasteiger partial charge in [0.2, 0.25) is 5.91 Å². The minimum atomic E-state index is -0.130. The number of aromatic nitrogens is 3. The van der Waals surface area contributed by atoms with Crippen LogP contribution >= 0.6 is 11.8 Å². The number of rotatable bonds is 9. The van der Waals surface area contributed by atoms with Crippen LogP contribution in [0, 0.1) is 0 Å². The van der Waals surface area contributed by atoms with E-state index >= 15 is 0 Å². The number of nitrogens with zero attached hydrogens (tertiary/aromatic N) is 3. The Bertz CT molecular complexity index is 1190. The summed E-state index contributed by atoms with van der Waals surface area (Å²) in [6.45, 7) is 2.53. The van der Waals surface area contributed by atoms with Gasteiger partial charge < -0.3 is 14.8 Å². The van der Waals surface area contributed by atoms with Crippen LogP contribution in [-0.2, 0) is 4.79 Å². The second kappa shape index (κ2) is 10.7. The van der Waals surface area contributed by atoms with Crippen LogP contribution in [0.3, 0.4) is 0 Å². The van der Waals surface area contributed by atoms with Gasteiger partial charge in [-0.15, -0.1) is 10.2 Å². The van der Waals surface area contributed by atoms with Gasteiger partial charge in [-0.25, -0.2) is 0 Å². The molecule has 0 spiro atoms. The van der Waals surface area contributed by atoms with Crippen molar-refractivity contribution in [1.29, 1.82) is 0 Å². The molecule has 8 heteroatoms. The summed E-state index contributed by atoms with van der Waals surface area (Å²) in [4.78, 5) is 12.6. The van der Waals surface area contributed by atoms with E-state index in [1.54, 1.807) is 7.11 Å². The Morgan fingerprint density at radius 2 is 1.64 bits per heavy atom. The lowest BCUT2D eigenvalue weighted by atomic mass is 10.2. The van der Waals surface area contributed by atoms with Crippen molar-refractivity contribution in [2.45, 2.75) is 12.1 Å². The molecule has 1 heterocycles. The van der Waals surface area contributed by atoms with Gasteiger partial charge >= 0.3 is 0 Å². The van der Waals surface area contributed by atoms with Crippen molar-refractivity contribution in [3.8, 4) is 28.6 Å². The number of thioether (sulfide) groups is 1. The molecule has 4 rings (SSSR count). The third-order valence-corrected chi connectivity index (χ3v) is 5.71. The number of nitrogens with one attached hydrogen (secondary N) is 1. The van der Waals surface area contributed by atoms with Crippen molar-refractivity contribution >= 4 is 23.4 Å². The van der Waals surface area contributed by atoms with Crippen molar-refractivity contribution < 1.29 is 14.3 Å². The van der Waals surface area contributed by atoms with Gasteiger partial charge in [0.25, 0.3) is 0 Å². The van der Waals surface area contributed by atoms with Crippen molar-refractivity contribution in [2.24, 2.45) is 0 Å². The number of benzene rings is 3. The maximum atomic E-state index is 12.6. The molecule has 0 fully saturated rings. The fraction of sp³-hybridized carbons (Fsp3) is 0.160. The maximum Gasteiger partial charge on any atom is 0.234 e. The van der Waals surface area contributed by atoms with E-state index in [9.17, 15) is 4.79 Å². The average Bonchev–Trinajstić information content (AvgIpc) is 3.29. The fourth-order valence-corrected chi connectivity index (χ4v) is 3.98. The summed E-state index contributed by atoms with van der Waals surface area (Å²) in [5.74, 6) is 2.30. The molecule has 168 valence electrons. The Morgan fingerprint density at radius 3 is 2.30 bits per heavy atom. The second-order valence-corrected chi connectivity index (χ2v) is 7.94. The molecule has 0 radical (unpaired) electrons. The van der Waals surface area contributed by atoms with E-state index in [0.717, 1.165) is 22.7 Å². The molecule has 33 heavy (non-hydrogen) atoms. The van der Waals surface area contributed by atoms with Crippen molar-refractivity contribution in [1.82, 2.24) is 14.8 Å². The van der Waals surface area contributed by atoms with E-state index < -0.39 is 0 Å². The highest BCUT2D eigenvalue weighted by Gasteiger charge is 2.17. The van der Waals surface area contributed by atoms with Gasteiger partial charge in [0.05, 0.1) is 19.5 Å². The molecule has 0 aliphatic heterocycles. The van der Waals surface area contributed by atoms with Gasteiger partial charge in [-0.1, -0.05) is 42.1 Å². The number of hydrogen-bond acceptors (Lipinski definition) is 6. The number of hydrogen-bond donors (Lipinski definition) is 1. The number of anilines is 1. The first-order valence-electron chi connectivity index (χ1n) is 10.5. The van der Waals surface area contributed by atoms with Crippen LogP contribution in [0.5, 0.6) is 11.5 Å². The standard InChI is InChI=1S/C25H24N4O3S/c1-3-32-22-13-9-19(10-14-22)26-23(30)17-33-25-28-27-24(18-7-5-4-6-8-18)29(25)20-11-15-21(31-2)16-12-20/h4-16H,3,17H2,1-2H3,(H,26,30). The van der Waals surface area contributed by atoms with Crippen LogP contribution in [0.1, 0.15) is 6.92 Å². The predicted molar refractivity (Wildman–Crippen MR) is 130 cm³/mol. The predicted octanol–water partition coefficient (Wildman–Crippen LogP) is 5.07. The molecular weight excluding hydrogens is 436 g/mol. The number of carbonyl (C=O) groups excluding carboxylic acids is 1. The number of amides is 1. The molecule has 3 aromatic carbocycles. The highest BCUT2D eigenvalue weighted by atomic mass is 32.2. The van der Waals surface area contributed by atoms with E-state index in [4.69, 9.17) is 9.47 Å². The van der Waals surface area contributed by atoms with Gasteiger partial charge in [0.15, 0.2) is 11.0 Å². The maximum absolute atomic E-state index is 12.6. The van der Waals surface area contributed by atoms with E-state index in [1.807, 2.05) is 90.4 Å². The molecular formula is C25H24N4O3S. The number of carbonyl (C=O) groups is 1. The number of ether oxygens (including phenoxy) is 2. The zero-order valence-electron chi connectivity index (χ0n) is 18.4. The molecule has 0 aliphatic carbocycles. The normalized spacial score (nSPS) is 10.6. The summed E-state index contributed by atoms with van der Waals surface area (Å²) in [7, 11) is 1.63. The largest absolute Gasteiger partial charge is 0.497 e. The lowest BCUT2D eigenvalue weighted by molar-refractivity contribution is -0.113. The summed E-state index contributed by atoms with van der Waals surface area (Å²) in [6.07, 6.45) is 0. The summed E-state index contributed by atoms with van der Waals surface area (Å²) >= 11 is 1.33. The van der Waals surface area contributed by atoms with E-state index in [0.29, 0.717) is 23.3 Å². The van der Waals surface area contributed by atoms with Crippen LogP contribution in [0.25, 0.3) is 17.1 Å². The minimum Gasteiger partial charge on any atom is -0.497 e. The summed E-state index contributed by atoms with van der Waals surface area (Å²) in [5, 5.41) is 12.3. The molecule has 0 atom stereocenters. The molecule has 0 unspecified atom stereocenters. The highest BCUT2D eigenvalue weighted by Crippen LogP contribution is 2.29. The zero-order chi connectivity index (χ0) is 23.0. The molecule has 0 aliphatic rings. The third kappa shape index (κ3) is 5.53. The van der Waals surface area contributed by atoms with E-state index in [2.05, 4.69) is 15.5 Å². The Hall–Kier alpha value is -3.78. The van der Waals surface area contributed by atoms with Crippen LogP contribution < -0.4 is 14.8 Å². The van der Waals surface area contributed by atoms with Gasteiger partial charge in [0, 0.05) is 16.9 Å². The molecule has 0 saturated carbocycles. The van der Waals surface area contributed by atoms with E-state index in [-0.39, 0.29) is 11.7 Å². The van der Waals surface area contributed by atoms with Gasteiger partial charge in [-0.3, -0.25) is 9.36 Å². The lowest BCUT2D eigenvalue weighted by Gasteiger charge is -2.11. The first kappa shape index (κ1) is 22.4. The lowest BCUT2D eigenvalue weighted by Crippen LogP contribution is -2.14. The van der Waals surface area contributed by atoms with Crippen LogP contribution in [0.4, 0.5) is 5.69 Å². The average molecular weight is 461 g/mol. The summed E-state index contributed by atoms with van der Waals surface area (Å²) in [6, 6.07) is 24.8. The topological polar surface area (TPSA) is 78.3 Å². The van der Waals surface area contributed by atoms with Gasteiger partial charge in [-0.2, -0.15) is 0 Å². The van der Waals surface area contributed by atoms with Crippen molar-refractivity contribution in [2.75, 3.05) is 24.8 Å². The SMILES string of the molecule is CCOc1ccc(NC(=O)CSc2nnc(-c3ccccc3)n2-c2ccc(OC)cc2)cc1. The Morgan fingerprint density at radius 1 is 0.939 bits per heavy atom. The van der Waals surface area contributed by atoms with E-state index in [1.165, 1.54) is 11.8 Å². The fourth-order valence-electron chi connectivity index (χ4n) is 3.23. The van der Waals surface area contributed by atoms with Gasteiger partial charge in [-0.05, 0) is 55.5 Å². The molecule has 0 bridgehead atoms. The Balaban J connectivity index is 1.53. The van der Waals surface area contributed by atoms with Gasteiger partial charge in [0.1, 0.15) is 11.5 Å². The van der Waals surface area contributed by atoms with Crippen LogP contribution in [0.15, 0.2) is 84.0 Å². The Kier molecular flexibility index (Phi) is 7.26. The van der Waals surface area contributed by atoms with Crippen LogP contribution in [0.2, 0.25) is 0 Å². The first-order valence-corrected chi connectivity index (χ1v) is 11.5. The quantitative estimate of drug-likeness (QED) is 0.351. The Labute approximate surface area is 196 Å². The first-order chi connectivity index (χ1) is 16.2. The molecule has 1 amide bonds. The summed E-state index contributed by atoms with van der Waals surface area (Å²) < 4.78 is 12.7. The third-order valence-electron chi connectivity index (χ3n) is 4.78. The zero-order valence-corrected chi connectivity index (χ0v) is 19.2. The molecule has 7 nitrogen and oxygen atoms in total. The molecule has 0 saturated heterocycles. The number of methoxy groups -OCH3 is 1. The minimum absolute atomic E-state index is 0.130.